The summed E-state index contributed by atoms with van der Waals surface area (Å²) in [7, 11) is 1.72. The van der Waals surface area contributed by atoms with Gasteiger partial charge in [-0.1, -0.05) is 11.6 Å². The smallest absolute Gasteiger partial charge is 0.254 e. The Morgan fingerprint density at radius 2 is 2.33 bits per heavy atom. The second-order valence-corrected chi connectivity index (χ2v) is 4.08. The van der Waals surface area contributed by atoms with Crippen LogP contribution in [0.1, 0.15) is 16.2 Å². The van der Waals surface area contributed by atoms with Crippen LogP contribution in [-0.4, -0.2) is 20.7 Å². The van der Waals surface area contributed by atoms with E-state index >= 15 is 0 Å². The fourth-order valence-corrected chi connectivity index (χ4v) is 1.56. The van der Waals surface area contributed by atoms with E-state index in [1.807, 2.05) is 0 Å². The van der Waals surface area contributed by atoms with Gasteiger partial charge in [0.25, 0.3) is 5.91 Å². The van der Waals surface area contributed by atoms with E-state index in [1.165, 1.54) is 23.1 Å². The molecule has 2 aromatic rings. The number of nitrogens with one attached hydrogen (secondary N) is 1. The molecule has 0 radical (unpaired) electrons. The van der Waals surface area contributed by atoms with E-state index in [9.17, 15) is 9.18 Å². The van der Waals surface area contributed by atoms with Crippen molar-refractivity contribution >= 4 is 17.5 Å². The summed E-state index contributed by atoms with van der Waals surface area (Å²) < 4.78 is 14.9. The zero-order valence-corrected chi connectivity index (χ0v) is 10.3. The molecule has 0 aliphatic carbocycles. The Morgan fingerprint density at radius 3 is 3.00 bits per heavy atom. The van der Waals surface area contributed by atoms with Crippen LogP contribution in [0.2, 0.25) is 5.02 Å². The summed E-state index contributed by atoms with van der Waals surface area (Å²) in [5, 5.41) is 6.81. The highest BCUT2D eigenvalue weighted by Gasteiger charge is 2.12. The van der Waals surface area contributed by atoms with Gasteiger partial charge in [-0.3, -0.25) is 9.48 Å². The molecule has 0 spiro atoms. The molecule has 7 heteroatoms. The van der Waals surface area contributed by atoms with Crippen molar-refractivity contribution in [1.82, 2.24) is 20.1 Å². The average molecular weight is 269 g/mol. The number of amides is 1. The van der Waals surface area contributed by atoms with Gasteiger partial charge >= 0.3 is 0 Å². The SMILES string of the molecule is Cn1cnc(CNC(=O)c2cc(Cl)ccc2F)n1. The molecule has 1 aromatic carbocycles. The van der Waals surface area contributed by atoms with Crippen molar-refractivity contribution in [2.24, 2.45) is 7.05 Å². The van der Waals surface area contributed by atoms with Crippen molar-refractivity contribution in [1.29, 1.82) is 0 Å². The van der Waals surface area contributed by atoms with E-state index < -0.39 is 11.7 Å². The number of hydrogen-bond acceptors (Lipinski definition) is 3. The van der Waals surface area contributed by atoms with Crippen LogP contribution in [0, 0.1) is 5.82 Å². The van der Waals surface area contributed by atoms with Crippen LogP contribution >= 0.6 is 11.6 Å². The molecule has 0 atom stereocenters. The summed E-state index contributed by atoms with van der Waals surface area (Å²) in [6.07, 6.45) is 1.52. The molecule has 1 aromatic heterocycles. The number of benzene rings is 1. The first-order chi connectivity index (χ1) is 8.56. The Morgan fingerprint density at radius 1 is 1.56 bits per heavy atom. The zero-order valence-electron chi connectivity index (χ0n) is 9.52. The molecule has 1 heterocycles. The quantitative estimate of drug-likeness (QED) is 0.919. The van der Waals surface area contributed by atoms with Crippen molar-refractivity contribution in [3.05, 3.63) is 46.8 Å². The molecule has 2 rings (SSSR count). The Labute approximate surface area is 108 Å². The maximum absolute atomic E-state index is 13.4. The molecule has 18 heavy (non-hydrogen) atoms. The second kappa shape index (κ2) is 5.14. The summed E-state index contributed by atoms with van der Waals surface area (Å²) >= 11 is 5.71. The fraction of sp³-hybridized carbons (Fsp3) is 0.182. The van der Waals surface area contributed by atoms with Gasteiger partial charge in [0, 0.05) is 12.1 Å². The highest BCUT2D eigenvalue weighted by atomic mass is 35.5. The number of nitrogens with zero attached hydrogens (tertiary/aromatic N) is 3. The largest absolute Gasteiger partial charge is 0.345 e. The average Bonchev–Trinajstić information content (AvgIpc) is 2.75. The topological polar surface area (TPSA) is 59.8 Å². The minimum Gasteiger partial charge on any atom is -0.345 e. The third kappa shape index (κ3) is 2.84. The van der Waals surface area contributed by atoms with Crippen LogP contribution in [0.3, 0.4) is 0 Å². The third-order valence-corrected chi connectivity index (χ3v) is 2.46. The molecule has 94 valence electrons. The van der Waals surface area contributed by atoms with Gasteiger partial charge in [0.2, 0.25) is 0 Å². The predicted molar refractivity (Wildman–Crippen MR) is 63.6 cm³/mol. The first-order valence-corrected chi connectivity index (χ1v) is 5.52. The Bertz CT molecular complexity index is 584. The number of carbonyl (C=O) groups excluding carboxylic acids is 1. The van der Waals surface area contributed by atoms with Gasteiger partial charge in [-0.2, -0.15) is 5.10 Å². The lowest BCUT2D eigenvalue weighted by Gasteiger charge is -2.04. The molecule has 0 saturated heterocycles. The number of aromatic nitrogens is 3. The van der Waals surface area contributed by atoms with Gasteiger partial charge in [-0.25, -0.2) is 9.37 Å². The van der Waals surface area contributed by atoms with Crippen LogP contribution in [-0.2, 0) is 13.6 Å². The highest BCUT2D eigenvalue weighted by Crippen LogP contribution is 2.14. The van der Waals surface area contributed by atoms with Gasteiger partial charge in [0.05, 0.1) is 12.1 Å². The van der Waals surface area contributed by atoms with Crippen molar-refractivity contribution in [3.63, 3.8) is 0 Å². The molecule has 5 nitrogen and oxygen atoms in total. The molecular weight excluding hydrogens is 259 g/mol. The van der Waals surface area contributed by atoms with Crippen molar-refractivity contribution in [3.8, 4) is 0 Å². The molecule has 1 amide bonds. The zero-order chi connectivity index (χ0) is 13.1. The first-order valence-electron chi connectivity index (χ1n) is 5.14. The maximum Gasteiger partial charge on any atom is 0.254 e. The Balaban J connectivity index is 2.05. The monoisotopic (exact) mass is 268 g/mol. The molecule has 0 bridgehead atoms. The van der Waals surface area contributed by atoms with Crippen molar-refractivity contribution in [2.75, 3.05) is 0 Å². The molecule has 0 fully saturated rings. The predicted octanol–water partition coefficient (Wildman–Crippen LogP) is 1.54. The van der Waals surface area contributed by atoms with Crippen molar-refractivity contribution < 1.29 is 9.18 Å². The van der Waals surface area contributed by atoms with Gasteiger partial charge in [0.15, 0.2) is 5.82 Å². The molecule has 0 unspecified atom stereocenters. The van der Waals surface area contributed by atoms with Crippen LogP contribution in [0.4, 0.5) is 4.39 Å². The van der Waals surface area contributed by atoms with Gasteiger partial charge in [-0.15, -0.1) is 0 Å². The third-order valence-electron chi connectivity index (χ3n) is 2.23. The summed E-state index contributed by atoms with van der Waals surface area (Å²) in [6, 6.07) is 3.81. The van der Waals surface area contributed by atoms with Crippen LogP contribution in [0.15, 0.2) is 24.5 Å². The molecule has 0 saturated carbocycles. The lowest BCUT2D eigenvalue weighted by molar-refractivity contribution is 0.0946. The number of aryl methyl sites for hydroxylation is 1. The summed E-state index contributed by atoms with van der Waals surface area (Å²) in [5.41, 5.74) is -0.0987. The van der Waals surface area contributed by atoms with E-state index in [1.54, 1.807) is 7.05 Å². The summed E-state index contributed by atoms with van der Waals surface area (Å²) in [4.78, 5) is 15.7. The molecule has 0 aliphatic heterocycles. The number of halogens is 2. The molecule has 0 aliphatic rings. The summed E-state index contributed by atoms with van der Waals surface area (Å²) in [5.74, 6) is -0.721. The number of carbonyl (C=O) groups is 1. The van der Waals surface area contributed by atoms with Crippen molar-refractivity contribution in [2.45, 2.75) is 6.54 Å². The first kappa shape index (κ1) is 12.5. The lowest BCUT2D eigenvalue weighted by atomic mass is 10.2. The number of rotatable bonds is 3. The van der Waals surface area contributed by atoms with E-state index in [0.29, 0.717) is 10.8 Å². The maximum atomic E-state index is 13.4. The van der Waals surface area contributed by atoms with Crippen LogP contribution in [0.5, 0.6) is 0 Å². The minimum absolute atomic E-state index is 0.0987. The molecular formula is C11H10ClFN4O. The van der Waals surface area contributed by atoms with Crippen LogP contribution in [0.25, 0.3) is 0 Å². The highest BCUT2D eigenvalue weighted by molar-refractivity contribution is 6.30. The van der Waals surface area contributed by atoms with Gasteiger partial charge in [0.1, 0.15) is 12.1 Å². The lowest BCUT2D eigenvalue weighted by Crippen LogP contribution is -2.24. The standard InChI is InChI=1S/C11H10ClFN4O/c1-17-6-15-10(16-17)5-14-11(18)8-4-7(12)2-3-9(8)13/h2-4,6H,5H2,1H3,(H,14,18). The Hall–Kier alpha value is -1.95. The number of hydrogen-bond donors (Lipinski definition) is 1. The summed E-state index contributed by atoms with van der Waals surface area (Å²) in [6.45, 7) is 0.131. The Kier molecular flexibility index (Phi) is 3.57. The van der Waals surface area contributed by atoms with Crippen LogP contribution < -0.4 is 5.32 Å². The molecule has 1 N–H and O–H groups in total. The minimum atomic E-state index is -0.620. The van der Waals surface area contributed by atoms with E-state index in [4.69, 9.17) is 11.6 Å². The van der Waals surface area contributed by atoms with E-state index in [-0.39, 0.29) is 12.1 Å². The fourth-order valence-electron chi connectivity index (χ4n) is 1.39. The second-order valence-electron chi connectivity index (χ2n) is 3.64. The van der Waals surface area contributed by atoms with Gasteiger partial charge < -0.3 is 5.32 Å². The normalized spacial score (nSPS) is 10.4. The van der Waals surface area contributed by atoms with E-state index in [0.717, 1.165) is 6.07 Å². The van der Waals surface area contributed by atoms with Gasteiger partial charge in [-0.05, 0) is 18.2 Å². The van der Waals surface area contributed by atoms with E-state index in [2.05, 4.69) is 15.4 Å².